The minimum atomic E-state index is 0.886. The third kappa shape index (κ3) is 5.39. The molecule has 358 valence electrons. The number of hydrogen-bond donors (Lipinski definition) is 0. The maximum absolute atomic E-state index is 6.82. The Balaban J connectivity index is 0.919. The molecule has 6 nitrogen and oxygen atoms in total. The summed E-state index contributed by atoms with van der Waals surface area (Å²) in [4.78, 5) is 4.84. The molecule has 0 unspecified atom stereocenters. The number of furan rings is 2. The molecule has 0 aliphatic carbocycles. The zero-order valence-electron chi connectivity index (χ0n) is 42.2. The summed E-state index contributed by atoms with van der Waals surface area (Å²) >= 11 is 0. The van der Waals surface area contributed by atoms with E-state index in [0.29, 0.717) is 0 Å². The van der Waals surface area contributed by atoms with Crippen LogP contribution in [0.1, 0.15) is 22.3 Å². The molecule has 6 heterocycles. The number of benzene rings is 11. The fourth-order valence-corrected chi connectivity index (χ4v) is 13.4. The number of aryl methyl sites for hydroxylation is 4. The van der Waals surface area contributed by atoms with Gasteiger partial charge in [-0.1, -0.05) is 146 Å². The highest BCUT2D eigenvalue weighted by Crippen LogP contribution is 2.51. The molecule has 0 radical (unpaired) electrons. The molecule has 0 bridgehead atoms. The van der Waals surface area contributed by atoms with Gasteiger partial charge in [-0.15, -0.1) is 0 Å². The smallest absolute Gasteiger partial charge is 0.159 e. The molecule has 0 saturated heterocycles. The van der Waals surface area contributed by atoms with Crippen molar-refractivity contribution in [3.05, 3.63) is 229 Å². The molecule has 6 aromatic heterocycles. The first-order valence-corrected chi connectivity index (χ1v) is 26.2. The molecule has 76 heavy (non-hydrogen) atoms. The molecule has 0 aliphatic heterocycles. The van der Waals surface area contributed by atoms with E-state index in [1.165, 1.54) is 87.3 Å². The van der Waals surface area contributed by atoms with Crippen LogP contribution in [-0.4, -0.2) is 8.80 Å². The highest BCUT2D eigenvalue weighted by Gasteiger charge is 2.28. The summed E-state index contributed by atoms with van der Waals surface area (Å²) in [6.45, 7) is 8.80. The molecule has 0 saturated carbocycles. The zero-order valence-corrected chi connectivity index (χ0v) is 42.2. The quantitative estimate of drug-likeness (QED) is 0.166. The molecule has 0 fully saturated rings. The van der Waals surface area contributed by atoms with Gasteiger partial charge in [0.2, 0.25) is 0 Å². The number of nitrogens with zero attached hydrogens (tertiary/aromatic N) is 4. The average Bonchev–Trinajstić information content (AvgIpc) is 4.43. The number of anilines is 6. The van der Waals surface area contributed by atoms with Crippen LogP contribution in [0.4, 0.5) is 34.1 Å². The van der Waals surface area contributed by atoms with Gasteiger partial charge in [0.1, 0.15) is 11.2 Å². The molecule has 0 atom stereocenters. The highest BCUT2D eigenvalue weighted by molar-refractivity contribution is 6.29. The third-order valence-corrected chi connectivity index (χ3v) is 16.8. The maximum atomic E-state index is 6.82. The van der Waals surface area contributed by atoms with E-state index in [0.717, 1.165) is 89.1 Å². The molecule has 0 amide bonds. The first kappa shape index (κ1) is 41.7. The van der Waals surface area contributed by atoms with Crippen molar-refractivity contribution in [2.24, 2.45) is 0 Å². The summed E-state index contributed by atoms with van der Waals surface area (Å²) in [6.07, 6.45) is 0. The predicted molar refractivity (Wildman–Crippen MR) is 319 cm³/mol. The number of para-hydroxylation sites is 6. The second-order valence-corrected chi connectivity index (χ2v) is 21.0. The number of hydrogen-bond acceptors (Lipinski definition) is 4. The van der Waals surface area contributed by atoms with Crippen LogP contribution in [0.3, 0.4) is 0 Å². The summed E-state index contributed by atoms with van der Waals surface area (Å²) in [5.41, 5.74) is 21.9. The predicted octanol–water partition coefficient (Wildman–Crippen LogP) is 20.0. The van der Waals surface area contributed by atoms with E-state index < -0.39 is 0 Å². The average molecular weight is 975 g/mol. The van der Waals surface area contributed by atoms with Crippen LogP contribution in [0.5, 0.6) is 0 Å². The Bertz CT molecular complexity index is 4980. The SMILES string of the molecule is Cc1ccccc1N(c1ccc2c3cccc4c5cc6c(cc5n(c2c1)c34)c1cccc2c3ccc(N(c4ccccc4C)c4c(C)ccc5c4oc4ccccc45)cc3n6c21)c1c(C)ccc2c1oc1ccccc12. The van der Waals surface area contributed by atoms with Gasteiger partial charge in [-0.2, -0.15) is 0 Å². The number of aromatic nitrogens is 2. The van der Waals surface area contributed by atoms with Crippen molar-refractivity contribution in [3.63, 3.8) is 0 Å². The van der Waals surface area contributed by atoms with Crippen LogP contribution < -0.4 is 9.80 Å². The van der Waals surface area contributed by atoms with E-state index >= 15 is 0 Å². The summed E-state index contributed by atoms with van der Waals surface area (Å²) in [6, 6.07) is 75.7. The fraction of sp³-hybridized carbons (Fsp3) is 0.0571. The molecular weight excluding hydrogens is 929 g/mol. The zero-order chi connectivity index (χ0) is 50.2. The largest absolute Gasteiger partial charge is 0.454 e. The molecular formula is C70H46N4O2. The van der Waals surface area contributed by atoms with Crippen LogP contribution in [0.15, 0.2) is 215 Å². The van der Waals surface area contributed by atoms with Crippen LogP contribution >= 0.6 is 0 Å². The Kier molecular flexibility index (Phi) is 8.19. The Morgan fingerprint density at radius 1 is 0.289 bits per heavy atom. The summed E-state index contributed by atoms with van der Waals surface area (Å²) in [5, 5.41) is 14.4. The second-order valence-electron chi connectivity index (χ2n) is 21.0. The van der Waals surface area contributed by atoms with Crippen molar-refractivity contribution in [2.75, 3.05) is 9.80 Å². The molecule has 11 aromatic carbocycles. The Morgan fingerprint density at radius 2 is 0.658 bits per heavy atom. The summed E-state index contributed by atoms with van der Waals surface area (Å²) in [7, 11) is 0. The molecule has 0 N–H and O–H groups in total. The van der Waals surface area contributed by atoms with Gasteiger partial charge in [-0.3, -0.25) is 0 Å². The van der Waals surface area contributed by atoms with Gasteiger partial charge in [0.25, 0.3) is 0 Å². The van der Waals surface area contributed by atoms with Crippen LogP contribution in [0.2, 0.25) is 0 Å². The molecule has 0 aliphatic rings. The van der Waals surface area contributed by atoms with Crippen molar-refractivity contribution in [1.82, 2.24) is 8.80 Å². The van der Waals surface area contributed by atoms with Gasteiger partial charge < -0.3 is 27.4 Å². The lowest BCUT2D eigenvalue weighted by Gasteiger charge is -2.28. The van der Waals surface area contributed by atoms with Gasteiger partial charge in [0.15, 0.2) is 11.2 Å². The Hall–Kier alpha value is -9.78. The number of fused-ring (bicyclic) bond motifs is 18. The lowest BCUT2D eigenvalue weighted by molar-refractivity contribution is 0.668. The Labute approximate surface area is 435 Å². The third-order valence-electron chi connectivity index (χ3n) is 16.8. The van der Waals surface area contributed by atoms with Crippen LogP contribution in [0.25, 0.3) is 120 Å². The highest BCUT2D eigenvalue weighted by atomic mass is 16.3. The van der Waals surface area contributed by atoms with E-state index in [1.807, 2.05) is 0 Å². The fourth-order valence-electron chi connectivity index (χ4n) is 13.4. The van der Waals surface area contributed by atoms with Crippen molar-refractivity contribution in [2.45, 2.75) is 27.7 Å². The van der Waals surface area contributed by atoms with Crippen molar-refractivity contribution < 1.29 is 8.83 Å². The molecule has 0 spiro atoms. The van der Waals surface area contributed by atoms with E-state index in [1.54, 1.807) is 0 Å². The standard InChI is InChI=1S/C70H46N4O2/c1-39-15-5-9-23-57(39)71(65-41(3)27-31-53-47-17-7-11-25-63(47)75-69(53)65)43-29-33-45-49-19-13-21-51-55-38-62-56(37-61(55)73(67(49)51)59(45)35-43)52-22-14-20-50-46-34-30-44(36-60(46)74(62)68(50)52)72(58-24-10-6-16-40(58)2)66-42(4)28-32-54-48-18-8-12-26-64(48)76-70(54)66/h5-38H,1-4H3. The van der Waals surface area contributed by atoms with Gasteiger partial charge in [0.05, 0.1) is 44.5 Å². The lowest BCUT2D eigenvalue weighted by atomic mass is 10.0. The normalized spacial score (nSPS) is 12.5. The van der Waals surface area contributed by atoms with Gasteiger partial charge in [0, 0.05) is 87.4 Å². The van der Waals surface area contributed by atoms with Gasteiger partial charge >= 0.3 is 0 Å². The van der Waals surface area contributed by atoms with Crippen molar-refractivity contribution >= 4 is 154 Å². The van der Waals surface area contributed by atoms with E-state index in [2.05, 4.69) is 253 Å². The maximum Gasteiger partial charge on any atom is 0.159 e. The van der Waals surface area contributed by atoms with Crippen LogP contribution in [0, 0.1) is 27.7 Å². The first-order valence-electron chi connectivity index (χ1n) is 26.2. The van der Waals surface area contributed by atoms with E-state index in [4.69, 9.17) is 8.83 Å². The molecule has 17 aromatic rings. The van der Waals surface area contributed by atoms with E-state index in [-0.39, 0.29) is 0 Å². The Morgan fingerprint density at radius 3 is 1.11 bits per heavy atom. The van der Waals surface area contributed by atoms with Gasteiger partial charge in [-0.05, 0) is 111 Å². The minimum absolute atomic E-state index is 0.886. The summed E-state index contributed by atoms with van der Waals surface area (Å²) < 4.78 is 18.7. The topological polar surface area (TPSA) is 41.6 Å². The lowest BCUT2D eigenvalue weighted by Crippen LogP contribution is -2.13. The molecule has 17 rings (SSSR count). The molecule has 6 heteroatoms. The van der Waals surface area contributed by atoms with E-state index in [9.17, 15) is 0 Å². The first-order chi connectivity index (χ1) is 37.4. The monoisotopic (exact) mass is 974 g/mol. The van der Waals surface area contributed by atoms with Gasteiger partial charge in [-0.25, -0.2) is 0 Å². The van der Waals surface area contributed by atoms with Crippen molar-refractivity contribution in [1.29, 1.82) is 0 Å². The summed E-state index contributed by atoms with van der Waals surface area (Å²) in [5.74, 6) is 0. The second kappa shape index (κ2) is 14.9. The number of rotatable bonds is 6. The minimum Gasteiger partial charge on any atom is -0.454 e. The van der Waals surface area contributed by atoms with Crippen molar-refractivity contribution in [3.8, 4) is 0 Å². The van der Waals surface area contributed by atoms with Crippen LogP contribution in [-0.2, 0) is 0 Å².